The molecule has 0 saturated carbocycles. The van der Waals surface area contributed by atoms with E-state index in [-0.39, 0.29) is 12.4 Å². The molecule has 70 valence electrons. The highest BCUT2D eigenvalue weighted by Gasteiger charge is 2.00. The molecule has 0 aliphatic rings. The highest BCUT2D eigenvalue weighted by molar-refractivity contribution is 6.18. The zero-order valence-corrected chi connectivity index (χ0v) is 9.32. The Hall–Kier alpha value is 1.12. The van der Waals surface area contributed by atoms with Crippen molar-refractivity contribution >= 4 is 47.2 Å². The van der Waals surface area contributed by atoms with Crippen molar-refractivity contribution in [1.82, 2.24) is 4.90 Å². The van der Waals surface area contributed by atoms with Gasteiger partial charge in [0.1, 0.15) is 0 Å². The van der Waals surface area contributed by atoms with Crippen LogP contribution in [0.2, 0.25) is 0 Å². The number of nitrogens with zero attached hydrogens (tertiary/aromatic N) is 1. The lowest BCUT2D eigenvalue weighted by atomic mass is 11.3. The number of hydrogen-bond donors (Lipinski definition) is 0. The van der Waals surface area contributed by atoms with Gasteiger partial charge in [0, 0.05) is 37.3 Å². The topological polar surface area (TPSA) is 3.24 Å². The monoisotopic (exact) mass is 245 g/mol. The quantitative estimate of drug-likeness (QED) is 0.514. The van der Waals surface area contributed by atoms with E-state index in [0.717, 1.165) is 19.6 Å². The fourth-order valence-corrected chi connectivity index (χ4v) is 1.41. The second-order valence-electron chi connectivity index (χ2n) is 1.91. The van der Waals surface area contributed by atoms with Crippen LogP contribution in [0.3, 0.4) is 0 Å². The molecule has 0 saturated heterocycles. The van der Waals surface area contributed by atoms with Crippen molar-refractivity contribution in [3.63, 3.8) is 0 Å². The molecule has 11 heavy (non-hydrogen) atoms. The van der Waals surface area contributed by atoms with Crippen LogP contribution in [0.1, 0.15) is 0 Å². The van der Waals surface area contributed by atoms with Gasteiger partial charge < -0.3 is 0 Å². The van der Waals surface area contributed by atoms with E-state index in [1.807, 2.05) is 0 Å². The van der Waals surface area contributed by atoms with Gasteiger partial charge >= 0.3 is 0 Å². The molecule has 0 N–H and O–H groups in total. The van der Waals surface area contributed by atoms with Gasteiger partial charge in [0.25, 0.3) is 0 Å². The van der Waals surface area contributed by atoms with Crippen LogP contribution in [0.4, 0.5) is 0 Å². The Bertz CT molecular complexity index is 57.3. The van der Waals surface area contributed by atoms with E-state index in [1.165, 1.54) is 0 Å². The van der Waals surface area contributed by atoms with Gasteiger partial charge in [-0.2, -0.15) is 0 Å². The van der Waals surface area contributed by atoms with Gasteiger partial charge in [-0.3, -0.25) is 4.90 Å². The molecule has 0 spiro atoms. The van der Waals surface area contributed by atoms with Crippen LogP contribution in [0.15, 0.2) is 0 Å². The molecule has 0 rings (SSSR count). The van der Waals surface area contributed by atoms with Crippen molar-refractivity contribution in [2.75, 3.05) is 37.3 Å². The molecule has 0 heterocycles. The molecule has 1 nitrogen and oxygen atoms in total. The van der Waals surface area contributed by atoms with Gasteiger partial charge in [0.15, 0.2) is 0 Å². The summed E-state index contributed by atoms with van der Waals surface area (Å²) in [4.78, 5) is 2.15. The van der Waals surface area contributed by atoms with E-state index in [1.54, 1.807) is 0 Å². The molecule has 0 radical (unpaired) electrons. The summed E-state index contributed by atoms with van der Waals surface area (Å²) in [5, 5.41) is 0. The Balaban J connectivity index is 0. The molecule has 0 aliphatic carbocycles. The van der Waals surface area contributed by atoms with Crippen LogP contribution in [0.25, 0.3) is 0 Å². The van der Waals surface area contributed by atoms with Crippen LogP contribution >= 0.6 is 47.2 Å². The normalized spacial score (nSPS) is 9.82. The Morgan fingerprint density at radius 2 is 1.00 bits per heavy atom. The molecule has 0 aromatic carbocycles. The minimum absolute atomic E-state index is 0. The molecule has 0 aromatic heterocycles. The van der Waals surface area contributed by atoms with E-state index >= 15 is 0 Å². The predicted molar refractivity (Wildman–Crippen MR) is 55.8 cm³/mol. The Labute approximate surface area is 89.4 Å². The number of hydrogen-bond acceptors (Lipinski definition) is 1. The maximum Gasteiger partial charge on any atom is 0.0351 e. The molecule has 0 amide bonds. The predicted octanol–water partition coefficient (Wildman–Crippen LogP) is 2.43. The standard InChI is InChI=1S/C6H12Cl3N.ClH/c7-1-4-10(5-2-8)6-3-9;/h1-6H2;1H/i1+1,2+1,3+1,4+1,5+1,6+1;. The maximum atomic E-state index is 5.54. The molecule has 0 bridgehead atoms. The summed E-state index contributed by atoms with van der Waals surface area (Å²) in [6.07, 6.45) is 0. The number of rotatable bonds is 6. The third-order valence-electron chi connectivity index (χ3n) is 1.20. The molecular weight excluding hydrogens is 234 g/mol. The lowest BCUT2D eigenvalue weighted by molar-refractivity contribution is 0.327. The van der Waals surface area contributed by atoms with Crippen LogP contribution in [-0.2, 0) is 0 Å². The summed E-state index contributed by atoms with van der Waals surface area (Å²) >= 11 is 16.6. The first-order valence-electron chi connectivity index (χ1n) is 3.25. The SMILES string of the molecule is Cl.Cl[13CH2][13CH2]N([13CH2][13CH2]Cl)[13CH2][13CH2]Cl. The van der Waals surface area contributed by atoms with Gasteiger partial charge in [-0.25, -0.2) is 0 Å². The lowest BCUT2D eigenvalue weighted by Gasteiger charge is -2.17. The fourth-order valence-electron chi connectivity index (χ4n) is 0.694. The smallest absolute Gasteiger partial charge is 0.0351 e. The van der Waals surface area contributed by atoms with Crippen LogP contribution in [0.5, 0.6) is 0 Å². The van der Waals surface area contributed by atoms with Crippen molar-refractivity contribution < 1.29 is 0 Å². The minimum atomic E-state index is 0. The first-order valence-corrected chi connectivity index (χ1v) is 4.85. The number of halogens is 4. The van der Waals surface area contributed by atoms with Crippen molar-refractivity contribution in [2.45, 2.75) is 0 Å². The molecular formula is C6H13Cl4N. The van der Waals surface area contributed by atoms with Gasteiger partial charge in [-0.05, 0) is 0 Å². The van der Waals surface area contributed by atoms with Crippen molar-refractivity contribution in [3.05, 3.63) is 0 Å². The van der Waals surface area contributed by atoms with Crippen LogP contribution in [-0.4, -0.2) is 42.2 Å². The molecule has 0 aromatic rings. The second kappa shape index (κ2) is 11.1. The first-order chi connectivity index (χ1) is 4.85. The molecule has 0 atom stereocenters. The lowest BCUT2D eigenvalue weighted by Crippen LogP contribution is -2.29. The highest BCUT2D eigenvalue weighted by atomic mass is 35.5. The summed E-state index contributed by atoms with van der Waals surface area (Å²) in [7, 11) is 0. The zero-order chi connectivity index (χ0) is 7.82. The first kappa shape index (κ1) is 14.6. The molecule has 5 heteroatoms. The fraction of sp³-hybridized carbons (Fsp3) is 1.00. The summed E-state index contributed by atoms with van der Waals surface area (Å²) in [5.41, 5.74) is 0. The largest absolute Gasteiger partial charge is 0.300 e. The van der Waals surface area contributed by atoms with Crippen molar-refractivity contribution in [1.29, 1.82) is 0 Å². The van der Waals surface area contributed by atoms with E-state index in [9.17, 15) is 0 Å². The average molecular weight is 247 g/mol. The van der Waals surface area contributed by atoms with E-state index in [0.29, 0.717) is 17.6 Å². The average Bonchev–Trinajstić information content (AvgIpc) is 1.90. The van der Waals surface area contributed by atoms with Crippen LogP contribution < -0.4 is 0 Å². The van der Waals surface area contributed by atoms with Gasteiger partial charge in [-0.1, -0.05) is 0 Å². The third kappa shape index (κ3) is 9.03. The van der Waals surface area contributed by atoms with Crippen molar-refractivity contribution in [2.24, 2.45) is 0 Å². The van der Waals surface area contributed by atoms with Gasteiger partial charge in [0.2, 0.25) is 0 Å². The van der Waals surface area contributed by atoms with E-state index in [4.69, 9.17) is 34.8 Å². The Morgan fingerprint density at radius 3 is 1.18 bits per heavy atom. The minimum Gasteiger partial charge on any atom is -0.300 e. The summed E-state index contributed by atoms with van der Waals surface area (Å²) in [6, 6.07) is 0. The Kier molecular flexibility index (Phi) is 14.8. The van der Waals surface area contributed by atoms with Gasteiger partial charge in [0.05, 0.1) is 0 Å². The second-order valence-corrected chi connectivity index (χ2v) is 3.04. The van der Waals surface area contributed by atoms with E-state index in [2.05, 4.69) is 4.90 Å². The third-order valence-corrected chi connectivity index (χ3v) is 1.71. The number of alkyl halides is 3. The van der Waals surface area contributed by atoms with Crippen molar-refractivity contribution in [3.8, 4) is 0 Å². The zero-order valence-electron chi connectivity index (χ0n) is 6.23. The van der Waals surface area contributed by atoms with Crippen LogP contribution in [0, 0.1) is 0 Å². The molecule has 0 fully saturated rings. The maximum absolute atomic E-state index is 5.54. The molecule has 0 unspecified atom stereocenters. The summed E-state index contributed by atoms with van der Waals surface area (Å²) in [5.74, 6) is 1.94. The summed E-state index contributed by atoms with van der Waals surface area (Å²) in [6.45, 7) is 2.63. The van der Waals surface area contributed by atoms with Gasteiger partial charge in [-0.15, -0.1) is 47.2 Å². The molecule has 0 aliphatic heterocycles. The summed E-state index contributed by atoms with van der Waals surface area (Å²) < 4.78 is 0. The Morgan fingerprint density at radius 1 is 0.727 bits per heavy atom. The highest BCUT2D eigenvalue weighted by Crippen LogP contribution is 1.92. The van der Waals surface area contributed by atoms with E-state index < -0.39 is 0 Å².